The Labute approximate surface area is 150 Å². The number of aliphatic carboxylic acids is 1. The van der Waals surface area contributed by atoms with E-state index in [0.717, 1.165) is 23.2 Å². The lowest BCUT2D eigenvalue weighted by Crippen LogP contribution is -2.53. The maximum Gasteiger partial charge on any atom is 0.310 e. The Morgan fingerprint density at radius 2 is 2.23 bits per heavy atom. The molecular formula is C20H19NO5. The van der Waals surface area contributed by atoms with Crippen molar-refractivity contribution >= 4 is 17.6 Å². The number of anilines is 1. The highest BCUT2D eigenvalue weighted by Gasteiger charge is 2.74. The van der Waals surface area contributed by atoms with Gasteiger partial charge in [-0.1, -0.05) is 29.8 Å². The van der Waals surface area contributed by atoms with E-state index in [9.17, 15) is 14.7 Å². The summed E-state index contributed by atoms with van der Waals surface area (Å²) in [6.45, 7) is 2.68. The largest absolute Gasteiger partial charge is 0.481 e. The average Bonchev–Trinajstić information content (AvgIpc) is 3.35. The molecule has 26 heavy (non-hydrogen) atoms. The molecule has 2 bridgehead atoms. The van der Waals surface area contributed by atoms with Crippen LogP contribution in [0.15, 0.2) is 30.4 Å². The summed E-state index contributed by atoms with van der Waals surface area (Å²) in [7, 11) is 0. The molecule has 5 aliphatic rings. The van der Waals surface area contributed by atoms with E-state index in [1.807, 2.05) is 36.1 Å². The number of carboxylic acids is 1. The zero-order valence-electron chi connectivity index (χ0n) is 14.3. The minimum atomic E-state index is -0.956. The van der Waals surface area contributed by atoms with Gasteiger partial charge in [0.15, 0.2) is 0 Å². The van der Waals surface area contributed by atoms with Crippen LogP contribution >= 0.6 is 0 Å². The molecule has 0 aromatic heterocycles. The molecule has 3 saturated heterocycles. The third-order valence-corrected chi connectivity index (χ3v) is 6.91. The van der Waals surface area contributed by atoms with E-state index in [-0.39, 0.29) is 24.0 Å². The highest BCUT2D eigenvalue weighted by Crippen LogP contribution is 2.62. The Kier molecular flexibility index (Phi) is 2.62. The van der Waals surface area contributed by atoms with Gasteiger partial charge in [-0.3, -0.25) is 9.59 Å². The van der Waals surface area contributed by atoms with Crippen molar-refractivity contribution in [1.82, 2.24) is 0 Å². The van der Waals surface area contributed by atoms with Gasteiger partial charge in [0, 0.05) is 23.8 Å². The van der Waals surface area contributed by atoms with Crippen LogP contribution in [0.5, 0.6) is 0 Å². The number of nitrogens with zero attached hydrogens (tertiary/aromatic N) is 1. The van der Waals surface area contributed by atoms with E-state index in [0.29, 0.717) is 6.61 Å². The Morgan fingerprint density at radius 3 is 3.04 bits per heavy atom. The molecule has 0 radical (unpaired) electrons. The summed E-state index contributed by atoms with van der Waals surface area (Å²) in [6.07, 6.45) is 4.07. The summed E-state index contributed by atoms with van der Waals surface area (Å²) in [4.78, 5) is 27.2. The van der Waals surface area contributed by atoms with Crippen LogP contribution in [-0.4, -0.2) is 41.3 Å². The lowest BCUT2D eigenvalue weighted by atomic mass is 9.70. The molecule has 134 valence electrons. The van der Waals surface area contributed by atoms with Crippen molar-refractivity contribution in [2.45, 2.75) is 37.2 Å². The van der Waals surface area contributed by atoms with Crippen LogP contribution in [0.2, 0.25) is 0 Å². The highest BCUT2D eigenvalue weighted by atomic mass is 16.5. The molecule has 0 saturated carbocycles. The number of carbonyl (C=O) groups excluding carboxylic acids is 1. The predicted octanol–water partition coefficient (Wildman–Crippen LogP) is 1.83. The van der Waals surface area contributed by atoms with Gasteiger partial charge < -0.3 is 19.5 Å². The van der Waals surface area contributed by atoms with Crippen LogP contribution in [0.1, 0.15) is 23.7 Å². The third kappa shape index (κ3) is 1.48. The van der Waals surface area contributed by atoms with Crippen LogP contribution in [0.25, 0.3) is 0 Å². The highest BCUT2D eigenvalue weighted by molar-refractivity contribution is 6.04. The summed E-state index contributed by atoms with van der Waals surface area (Å²) in [5.41, 5.74) is 2.17. The van der Waals surface area contributed by atoms with Crippen molar-refractivity contribution in [3.8, 4) is 0 Å². The number of aryl methyl sites for hydroxylation is 1. The molecule has 0 aliphatic carbocycles. The molecule has 6 heteroatoms. The molecule has 1 spiro atoms. The average molecular weight is 353 g/mol. The van der Waals surface area contributed by atoms with Crippen LogP contribution in [0.3, 0.4) is 0 Å². The van der Waals surface area contributed by atoms with Crippen molar-refractivity contribution in [3.63, 3.8) is 0 Å². The second kappa shape index (κ2) is 4.56. The smallest absolute Gasteiger partial charge is 0.310 e. The maximum atomic E-state index is 13.5. The van der Waals surface area contributed by atoms with Crippen molar-refractivity contribution in [3.05, 3.63) is 41.5 Å². The third-order valence-electron chi connectivity index (χ3n) is 6.91. The summed E-state index contributed by atoms with van der Waals surface area (Å²) < 4.78 is 12.3. The van der Waals surface area contributed by atoms with Gasteiger partial charge in [0.1, 0.15) is 11.5 Å². The lowest BCUT2D eigenvalue weighted by Gasteiger charge is -2.44. The Bertz CT molecular complexity index is 894. The lowest BCUT2D eigenvalue weighted by molar-refractivity contribution is -0.146. The molecule has 0 unspecified atom stereocenters. The number of ether oxygens (including phenoxy) is 2. The van der Waals surface area contributed by atoms with E-state index < -0.39 is 29.5 Å². The Morgan fingerprint density at radius 1 is 1.38 bits per heavy atom. The van der Waals surface area contributed by atoms with Crippen LogP contribution in [-0.2, 0) is 19.1 Å². The van der Waals surface area contributed by atoms with Gasteiger partial charge in [0.25, 0.3) is 0 Å². The summed E-state index contributed by atoms with van der Waals surface area (Å²) in [5, 5.41) is 9.74. The minimum absolute atomic E-state index is 0.0630. The summed E-state index contributed by atoms with van der Waals surface area (Å²) in [5.74, 6) is -2.43. The fourth-order valence-electron chi connectivity index (χ4n) is 6.04. The number of carboxylic acid groups (broad SMARTS) is 1. The van der Waals surface area contributed by atoms with E-state index in [1.54, 1.807) is 0 Å². The fraction of sp³-hybridized carbons (Fsp3) is 0.500. The predicted molar refractivity (Wildman–Crippen MR) is 90.6 cm³/mol. The standard InChI is InChI=1S/C20H19NO5/c1-9-2-3-12-11(8-9)16-10(5-7-25-16)17-20-6-4-13(26-20)14(19(23)24)15(20)18(22)21(12)17/h2-4,6,8,10,13-17H,5,7H2,1H3,(H,23,24)/t10-,13-,14+,15-,16+,17+,20+/m1/s1. The molecule has 3 fully saturated rings. The first-order valence-corrected chi connectivity index (χ1v) is 9.18. The van der Waals surface area contributed by atoms with Crippen molar-refractivity contribution in [2.24, 2.45) is 17.8 Å². The summed E-state index contributed by atoms with van der Waals surface area (Å²) in [6, 6.07) is 5.86. The SMILES string of the molecule is Cc1ccc2c(c1)[C@H]1OCC[C@H]1[C@@H]1N2C(=O)[C@H]2[C@@H](C(=O)O)[C@H]3C=C[C@@]12O3. The van der Waals surface area contributed by atoms with Crippen molar-refractivity contribution < 1.29 is 24.2 Å². The zero-order chi connectivity index (χ0) is 17.8. The van der Waals surface area contributed by atoms with E-state index in [4.69, 9.17) is 9.47 Å². The maximum absolute atomic E-state index is 13.5. The van der Waals surface area contributed by atoms with E-state index >= 15 is 0 Å². The second-order valence-electron chi connectivity index (χ2n) is 8.10. The molecule has 1 amide bonds. The van der Waals surface area contributed by atoms with Gasteiger partial charge in [-0.15, -0.1) is 0 Å². The molecule has 6 rings (SSSR count). The quantitative estimate of drug-likeness (QED) is 0.780. The van der Waals surface area contributed by atoms with Crippen LogP contribution in [0.4, 0.5) is 5.69 Å². The molecule has 6 nitrogen and oxygen atoms in total. The number of benzene rings is 1. The number of fused-ring (bicyclic) bond motifs is 7. The Hall–Kier alpha value is -2.18. The number of carbonyl (C=O) groups is 2. The van der Waals surface area contributed by atoms with Gasteiger partial charge in [0.05, 0.1) is 24.2 Å². The van der Waals surface area contributed by atoms with Crippen molar-refractivity contribution in [1.29, 1.82) is 0 Å². The zero-order valence-corrected chi connectivity index (χ0v) is 14.3. The summed E-state index contributed by atoms with van der Waals surface area (Å²) >= 11 is 0. The number of hydrogen-bond acceptors (Lipinski definition) is 4. The number of rotatable bonds is 1. The molecule has 5 aliphatic heterocycles. The van der Waals surface area contributed by atoms with Crippen molar-refractivity contribution in [2.75, 3.05) is 11.5 Å². The molecule has 1 aromatic rings. The molecule has 1 aromatic carbocycles. The minimum Gasteiger partial charge on any atom is -0.481 e. The molecule has 7 atom stereocenters. The van der Waals surface area contributed by atoms with Gasteiger partial charge >= 0.3 is 5.97 Å². The second-order valence-corrected chi connectivity index (χ2v) is 8.10. The first-order valence-electron chi connectivity index (χ1n) is 9.18. The van der Waals surface area contributed by atoms with E-state index in [1.165, 1.54) is 0 Å². The van der Waals surface area contributed by atoms with Gasteiger partial charge in [-0.05, 0) is 19.4 Å². The first kappa shape index (κ1) is 14.9. The number of amides is 1. The number of hydrogen-bond donors (Lipinski definition) is 1. The fourth-order valence-corrected chi connectivity index (χ4v) is 6.04. The van der Waals surface area contributed by atoms with Gasteiger partial charge in [-0.25, -0.2) is 0 Å². The normalized spacial score (nSPS) is 44.0. The monoisotopic (exact) mass is 353 g/mol. The first-order chi connectivity index (χ1) is 12.5. The van der Waals surface area contributed by atoms with Gasteiger partial charge in [0.2, 0.25) is 5.91 Å². The van der Waals surface area contributed by atoms with Gasteiger partial charge in [-0.2, -0.15) is 0 Å². The molecular weight excluding hydrogens is 334 g/mol. The van der Waals surface area contributed by atoms with Crippen LogP contribution < -0.4 is 4.90 Å². The van der Waals surface area contributed by atoms with Crippen LogP contribution in [0, 0.1) is 24.7 Å². The molecule has 5 heterocycles. The Balaban J connectivity index is 1.59. The van der Waals surface area contributed by atoms with E-state index in [2.05, 4.69) is 6.07 Å². The molecule has 1 N–H and O–H groups in total. The topological polar surface area (TPSA) is 76.1 Å².